The smallest absolute Gasteiger partial charge is 0.270 e. The van der Waals surface area contributed by atoms with Crippen LogP contribution in [0, 0.1) is 0 Å². The molecule has 128 valence electrons. The summed E-state index contributed by atoms with van der Waals surface area (Å²) in [7, 11) is 0. The summed E-state index contributed by atoms with van der Waals surface area (Å²) in [5.41, 5.74) is 0.768. The SMILES string of the molecule is CC(C)Oc1ccccc1Nc1cc(C(=O)NC(C)(C)C)ncn1. The third kappa shape index (κ3) is 5.22. The summed E-state index contributed by atoms with van der Waals surface area (Å²) in [6, 6.07) is 9.22. The van der Waals surface area contributed by atoms with Crippen LogP contribution in [0.3, 0.4) is 0 Å². The summed E-state index contributed by atoms with van der Waals surface area (Å²) >= 11 is 0. The Morgan fingerprint density at radius 3 is 2.54 bits per heavy atom. The molecule has 6 nitrogen and oxygen atoms in total. The molecule has 0 saturated heterocycles. The first-order valence-corrected chi connectivity index (χ1v) is 7.92. The number of benzene rings is 1. The van der Waals surface area contributed by atoms with E-state index in [4.69, 9.17) is 4.74 Å². The van der Waals surface area contributed by atoms with Crippen LogP contribution in [0.1, 0.15) is 45.1 Å². The number of nitrogens with zero attached hydrogens (tertiary/aromatic N) is 2. The molecule has 1 heterocycles. The van der Waals surface area contributed by atoms with Gasteiger partial charge < -0.3 is 15.4 Å². The maximum Gasteiger partial charge on any atom is 0.270 e. The van der Waals surface area contributed by atoms with Gasteiger partial charge >= 0.3 is 0 Å². The molecule has 1 amide bonds. The normalized spacial score (nSPS) is 11.2. The molecule has 1 aromatic carbocycles. The van der Waals surface area contributed by atoms with Crippen LogP contribution in [0.15, 0.2) is 36.7 Å². The van der Waals surface area contributed by atoms with Crippen molar-refractivity contribution in [2.24, 2.45) is 0 Å². The molecule has 0 radical (unpaired) electrons. The molecule has 1 aromatic heterocycles. The number of para-hydroxylation sites is 2. The van der Waals surface area contributed by atoms with Gasteiger partial charge in [-0.3, -0.25) is 4.79 Å². The van der Waals surface area contributed by atoms with Crippen molar-refractivity contribution in [3.8, 4) is 5.75 Å². The fraction of sp³-hybridized carbons (Fsp3) is 0.389. The Morgan fingerprint density at radius 1 is 1.17 bits per heavy atom. The Hall–Kier alpha value is -2.63. The molecule has 2 aromatic rings. The quantitative estimate of drug-likeness (QED) is 0.878. The highest BCUT2D eigenvalue weighted by atomic mass is 16.5. The van der Waals surface area contributed by atoms with Crippen LogP contribution in [-0.4, -0.2) is 27.5 Å². The molecular weight excluding hydrogens is 304 g/mol. The van der Waals surface area contributed by atoms with Gasteiger partial charge in [0, 0.05) is 11.6 Å². The Bertz CT molecular complexity index is 708. The Kier molecular flexibility index (Phi) is 5.39. The van der Waals surface area contributed by atoms with Gasteiger partial charge in [-0.1, -0.05) is 12.1 Å². The summed E-state index contributed by atoms with van der Waals surface area (Å²) in [5, 5.41) is 6.06. The lowest BCUT2D eigenvalue weighted by atomic mass is 10.1. The fourth-order valence-corrected chi connectivity index (χ4v) is 2.02. The molecule has 2 rings (SSSR count). The minimum atomic E-state index is -0.326. The first kappa shape index (κ1) is 17.7. The second-order valence-electron chi connectivity index (χ2n) is 6.78. The van der Waals surface area contributed by atoms with Crippen LogP contribution < -0.4 is 15.4 Å². The minimum Gasteiger partial charge on any atom is -0.489 e. The fourth-order valence-electron chi connectivity index (χ4n) is 2.02. The zero-order valence-corrected chi connectivity index (χ0v) is 14.8. The molecule has 0 saturated carbocycles. The number of hydrogen-bond acceptors (Lipinski definition) is 5. The average molecular weight is 328 g/mol. The molecule has 0 atom stereocenters. The Labute approximate surface area is 142 Å². The number of anilines is 2. The van der Waals surface area contributed by atoms with Crippen LogP contribution in [0.25, 0.3) is 0 Å². The number of carbonyl (C=O) groups excluding carboxylic acids is 1. The van der Waals surface area contributed by atoms with Gasteiger partial charge in [0.1, 0.15) is 23.6 Å². The molecule has 0 aliphatic carbocycles. The monoisotopic (exact) mass is 328 g/mol. The third-order valence-electron chi connectivity index (χ3n) is 2.90. The molecule has 0 bridgehead atoms. The van der Waals surface area contributed by atoms with Crippen molar-refractivity contribution in [2.75, 3.05) is 5.32 Å². The summed E-state index contributed by atoms with van der Waals surface area (Å²) < 4.78 is 5.78. The van der Waals surface area contributed by atoms with Gasteiger partial charge in [0.15, 0.2) is 0 Å². The summed E-state index contributed by atoms with van der Waals surface area (Å²) in [5.74, 6) is 1.02. The average Bonchev–Trinajstić information content (AvgIpc) is 2.47. The lowest BCUT2D eigenvalue weighted by molar-refractivity contribution is 0.0914. The third-order valence-corrected chi connectivity index (χ3v) is 2.90. The molecule has 0 aliphatic rings. The van der Waals surface area contributed by atoms with E-state index >= 15 is 0 Å². The maximum atomic E-state index is 12.2. The highest BCUT2D eigenvalue weighted by molar-refractivity contribution is 5.93. The van der Waals surface area contributed by atoms with E-state index in [1.165, 1.54) is 6.33 Å². The van der Waals surface area contributed by atoms with E-state index in [1.807, 2.05) is 58.9 Å². The van der Waals surface area contributed by atoms with Gasteiger partial charge in [-0.25, -0.2) is 9.97 Å². The maximum absolute atomic E-state index is 12.2. The number of aromatic nitrogens is 2. The van der Waals surface area contributed by atoms with Crippen molar-refractivity contribution < 1.29 is 9.53 Å². The lowest BCUT2D eigenvalue weighted by Gasteiger charge is -2.20. The van der Waals surface area contributed by atoms with Crippen molar-refractivity contribution in [3.63, 3.8) is 0 Å². The number of rotatable bonds is 5. The largest absolute Gasteiger partial charge is 0.489 e. The molecule has 6 heteroatoms. The zero-order valence-electron chi connectivity index (χ0n) is 14.8. The van der Waals surface area contributed by atoms with E-state index in [1.54, 1.807) is 6.07 Å². The highest BCUT2D eigenvalue weighted by Gasteiger charge is 2.17. The minimum absolute atomic E-state index is 0.0615. The van der Waals surface area contributed by atoms with Crippen molar-refractivity contribution in [3.05, 3.63) is 42.4 Å². The van der Waals surface area contributed by atoms with E-state index < -0.39 is 0 Å². The van der Waals surface area contributed by atoms with Gasteiger partial charge in [0.25, 0.3) is 5.91 Å². The molecule has 0 unspecified atom stereocenters. The van der Waals surface area contributed by atoms with E-state index in [9.17, 15) is 4.79 Å². The van der Waals surface area contributed by atoms with Gasteiger partial charge in [-0.15, -0.1) is 0 Å². The van der Waals surface area contributed by atoms with E-state index in [-0.39, 0.29) is 17.6 Å². The van der Waals surface area contributed by atoms with Gasteiger partial charge in [-0.2, -0.15) is 0 Å². The predicted molar refractivity (Wildman–Crippen MR) is 94.7 cm³/mol. The second-order valence-corrected chi connectivity index (χ2v) is 6.78. The number of carbonyl (C=O) groups is 1. The van der Waals surface area contributed by atoms with Crippen LogP contribution >= 0.6 is 0 Å². The zero-order chi connectivity index (χ0) is 17.7. The molecule has 24 heavy (non-hydrogen) atoms. The van der Waals surface area contributed by atoms with Gasteiger partial charge in [0.05, 0.1) is 11.8 Å². The van der Waals surface area contributed by atoms with Gasteiger partial charge in [-0.05, 0) is 46.8 Å². The summed E-state index contributed by atoms with van der Waals surface area (Å²) in [6.07, 6.45) is 1.43. The first-order valence-electron chi connectivity index (χ1n) is 7.92. The summed E-state index contributed by atoms with van der Waals surface area (Å²) in [4.78, 5) is 20.4. The molecule has 0 spiro atoms. The summed E-state index contributed by atoms with van der Waals surface area (Å²) in [6.45, 7) is 9.70. The number of hydrogen-bond donors (Lipinski definition) is 2. The Balaban J connectivity index is 2.20. The standard InChI is InChI=1S/C18H24N4O2/c1-12(2)24-15-9-7-6-8-13(15)21-16-10-14(19-11-20-16)17(23)22-18(3,4)5/h6-12H,1-5H3,(H,22,23)(H,19,20,21). The van der Waals surface area contributed by atoms with Gasteiger partial charge in [0.2, 0.25) is 0 Å². The molecule has 0 aliphatic heterocycles. The topological polar surface area (TPSA) is 76.1 Å². The van der Waals surface area contributed by atoms with Crippen molar-refractivity contribution in [1.29, 1.82) is 0 Å². The van der Waals surface area contributed by atoms with E-state index in [0.29, 0.717) is 11.5 Å². The number of ether oxygens (including phenoxy) is 1. The molecule has 0 fully saturated rings. The van der Waals surface area contributed by atoms with Crippen LogP contribution in [0.2, 0.25) is 0 Å². The van der Waals surface area contributed by atoms with E-state index in [0.717, 1.165) is 11.4 Å². The van der Waals surface area contributed by atoms with Crippen molar-refractivity contribution in [1.82, 2.24) is 15.3 Å². The second kappa shape index (κ2) is 7.29. The van der Waals surface area contributed by atoms with Crippen LogP contribution in [0.4, 0.5) is 11.5 Å². The van der Waals surface area contributed by atoms with Crippen LogP contribution in [0.5, 0.6) is 5.75 Å². The highest BCUT2D eigenvalue weighted by Crippen LogP contribution is 2.27. The lowest BCUT2D eigenvalue weighted by Crippen LogP contribution is -2.40. The van der Waals surface area contributed by atoms with E-state index in [2.05, 4.69) is 20.6 Å². The van der Waals surface area contributed by atoms with Crippen molar-refractivity contribution in [2.45, 2.75) is 46.3 Å². The number of nitrogens with one attached hydrogen (secondary N) is 2. The number of amides is 1. The first-order chi connectivity index (χ1) is 11.2. The van der Waals surface area contributed by atoms with Crippen LogP contribution in [-0.2, 0) is 0 Å². The molecular formula is C18H24N4O2. The molecule has 2 N–H and O–H groups in total. The van der Waals surface area contributed by atoms with Crippen molar-refractivity contribution >= 4 is 17.4 Å². The Morgan fingerprint density at radius 2 is 1.88 bits per heavy atom. The predicted octanol–water partition coefficient (Wildman–Crippen LogP) is 3.54.